The Balaban J connectivity index is 2.07. The van der Waals surface area contributed by atoms with E-state index in [-0.39, 0.29) is 17.9 Å². The Bertz CT molecular complexity index is 377. The highest BCUT2D eigenvalue weighted by Crippen LogP contribution is 2.37. The van der Waals surface area contributed by atoms with Crippen molar-refractivity contribution < 1.29 is 9.84 Å². The third-order valence-corrected chi connectivity index (χ3v) is 3.94. The lowest BCUT2D eigenvalue weighted by atomic mass is 9.77. The minimum atomic E-state index is 0.219. The molecule has 1 aliphatic heterocycles. The van der Waals surface area contributed by atoms with Crippen molar-refractivity contribution in [3.05, 3.63) is 35.4 Å². The summed E-state index contributed by atoms with van der Waals surface area (Å²) in [6, 6.07) is 8.70. The number of aliphatic hydroxyl groups is 1. The summed E-state index contributed by atoms with van der Waals surface area (Å²) in [5.74, 6) is 0.796. The summed E-state index contributed by atoms with van der Waals surface area (Å²) in [6.45, 7) is 8.51. The average molecular weight is 248 g/mol. The highest BCUT2D eigenvalue weighted by molar-refractivity contribution is 5.27. The maximum absolute atomic E-state index is 9.60. The Labute approximate surface area is 110 Å². The van der Waals surface area contributed by atoms with Gasteiger partial charge >= 0.3 is 0 Å². The predicted octanol–water partition coefficient (Wildman–Crippen LogP) is 3.31. The summed E-state index contributed by atoms with van der Waals surface area (Å²) in [6.07, 6.45) is 1.00. The van der Waals surface area contributed by atoms with Crippen molar-refractivity contribution in [2.24, 2.45) is 5.41 Å². The summed E-state index contributed by atoms with van der Waals surface area (Å²) in [4.78, 5) is 0. The van der Waals surface area contributed by atoms with Gasteiger partial charge in [-0.05, 0) is 23.5 Å². The van der Waals surface area contributed by atoms with Crippen molar-refractivity contribution in [2.45, 2.75) is 39.0 Å². The molecule has 100 valence electrons. The number of hydrogen-bond acceptors (Lipinski definition) is 2. The first-order valence-electron chi connectivity index (χ1n) is 6.82. The lowest BCUT2D eigenvalue weighted by Crippen LogP contribution is -2.41. The fraction of sp³-hybridized carbons (Fsp3) is 0.625. The van der Waals surface area contributed by atoms with E-state index in [1.165, 1.54) is 11.1 Å². The molecule has 1 aromatic carbocycles. The summed E-state index contributed by atoms with van der Waals surface area (Å²) in [5, 5.41) is 9.60. The maximum atomic E-state index is 9.60. The van der Waals surface area contributed by atoms with Gasteiger partial charge in [0.2, 0.25) is 0 Å². The van der Waals surface area contributed by atoms with Crippen LogP contribution in [0.15, 0.2) is 24.3 Å². The summed E-state index contributed by atoms with van der Waals surface area (Å²) in [7, 11) is 0. The van der Waals surface area contributed by atoms with Gasteiger partial charge < -0.3 is 9.84 Å². The summed E-state index contributed by atoms with van der Waals surface area (Å²) < 4.78 is 5.29. The van der Waals surface area contributed by atoms with Crippen LogP contribution in [0.5, 0.6) is 0 Å². The van der Waals surface area contributed by atoms with Crippen LogP contribution in [-0.4, -0.2) is 24.9 Å². The van der Waals surface area contributed by atoms with E-state index >= 15 is 0 Å². The van der Waals surface area contributed by atoms with Gasteiger partial charge in [0.15, 0.2) is 0 Å². The van der Waals surface area contributed by atoms with Gasteiger partial charge in [0.1, 0.15) is 0 Å². The highest BCUT2D eigenvalue weighted by atomic mass is 16.5. The molecule has 1 fully saturated rings. The Morgan fingerprint density at radius 1 is 1.17 bits per heavy atom. The molecule has 18 heavy (non-hydrogen) atoms. The number of aliphatic hydroxyl groups excluding tert-OH is 1. The first-order chi connectivity index (χ1) is 8.54. The van der Waals surface area contributed by atoms with Crippen LogP contribution < -0.4 is 0 Å². The number of rotatable bonds is 5. The molecular weight excluding hydrogens is 224 g/mol. The van der Waals surface area contributed by atoms with Gasteiger partial charge in [-0.1, -0.05) is 45.0 Å². The molecule has 0 saturated carbocycles. The van der Waals surface area contributed by atoms with E-state index in [1.54, 1.807) is 0 Å². The molecule has 0 amide bonds. The van der Waals surface area contributed by atoms with Crippen molar-refractivity contribution in [1.82, 2.24) is 0 Å². The van der Waals surface area contributed by atoms with Gasteiger partial charge in [-0.3, -0.25) is 0 Å². The second-order valence-corrected chi connectivity index (χ2v) is 6.21. The molecule has 1 N–H and O–H groups in total. The van der Waals surface area contributed by atoms with Gasteiger partial charge in [0.25, 0.3) is 0 Å². The Morgan fingerprint density at radius 2 is 1.72 bits per heavy atom. The average Bonchev–Trinajstić information content (AvgIpc) is 2.34. The molecule has 1 unspecified atom stereocenters. The number of hydrogen-bond donors (Lipinski definition) is 1. The molecular formula is C16H24O2. The van der Waals surface area contributed by atoms with E-state index in [2.05, 4.69) is 45.0 Å². The predicted molar refractivity (Wildman–Crippen MR) is 73.9 cm³/mol. The molecule has 1 saturated heterocycles. The normalized spacial score (nSPS) is 19.6. The van der Waals surface area contributed by atoms with Crippen molar-refractivity contribution in [3.8, 4) is 0 Å². The van der Waals surface area contributed by atoms with Crippen LogP contribution in [0.4, 0.5) is 0 Å². The van der Waals surface area contributed by atoms with Crippen molar-refractivity contribution in [1.29, 1.82) is 0 Å². The molecule has 1 aromatic rings. The van der Waals surface area contributed by atoms with Crippen LogP contribution >= 0.6 is 0 Å². The second kappa shape index (κ2) is 5.41. The van der Waals surface area contributed by atoms with E-state index in [0.29, 0.717) is 5.92 Å². The van der Waals surface area contributed by atoms with Crippen molar-refractivity contribution in [3.63, 3.8) is 0 Å². The molecule has 1 atom stereocenters. The van der Waals surface area contributed by atoms with Crippen LogP contribution in [0.2, 0.25) is 0 Å². The molecule has 0 spiro atoms. The summed E-state index contributed by atoms with van der Waals surface area (Å²) >= 11 is 0. The van der Waals surface area contributed by atoms with E-state index in [0.717, 1.165) is 19.6 Å². The smallest absolute Gasteiger partial charge is 0.0542 e. The van der Waals surface area contributed by atoms with Gasteiger partial charge in [-0.25, -0.2) is 0 Å². The van der Waals surface area contributed by atoms with Crippen molar-refractivity contribution >= 4 is 0 Å². The summed E-state index contributed by atoms with van der Waals surface area (Å²) in [5.41, 5.74) is 2.85. The van der Waals surface area contributed by atoms with Crippen LogP contribution in [-0.2, 0) is 4.74 Å². The fourth-order valence-electron chi connectivity index (χ4n) is 2.60. The van der Waals surface area contributed by atoms with Crippen LogP contribution in [0.1, 0.15) is 50.2 Å². The third kappa shape index (κ3) is 2.93. The molecule has 0 bridgehead atoms. The first-order valence-corrected chi connectivity index (χ1v) is 6.82. The van der Waals surface area contributed by atoms with E-state index in [4.69, 9.17) is 4.74 Å². The molecule has 2 nitrogen and oxygen atoms in total. The Morgan fingerprint density at radius 3 is 2.11 bits per heavy atom. The molecule has 0 radical (unpaired) electrons. The fourth-order valence-corrected chi connectivity index (χ4v) is 2.60. The van der Waals surface area contributed by atoms with E-state index in [1.807, 2.05) is 0 Å². The largest absolute Gasteiger partial charge is 0.396 e. The molecule has 0 aromatic heterocycles. The lowest BCUT2D eigenvalue weighted by molar-refractivity contribution is -0.110. The topological polar surface area (TPSA) is 29.5 Å². The molecule has 1 heterocycles. The minimum Gasteiger partial charge on any atom is -0.396 e. The SMILES string of the molecule is CC(C)c1ccc(C(CO)CC2(C)COC2)cc1. The third-order valence-electron chi connectivity index (χ3n) is 3.94. The quantitative estimate of drug-likeness (QED) is 0.866. The monoisotopic (exact) mass is 248 g/mol. The lowest BCUT2D eigenvalue weighted by Gasteiger charge is -2.40. The Kier molecular flexibility index (Phi) is 4.08. The number of benzene rings is 1. The van der Waals surface area contributed by atoms with Gasteiger partial charge in [-0.2, -0.15) is 0 Å². The minimum absolute atomic E-state index is 0.219. The van der Waals surface area contributed by atoms with Crippen LogP contribution in [0, 0.1) is 5.41 Å². The molecule has 1 aliphatic rings. The second-order valence-electron chi connectivity index (χ2n) is 6.21. The molecule has 0 aliphatic carbocycles. The zero-order chi connectivity index (χ0) is 13.2. The zero-order valence-electron chi connectivity index (χ0n) is 11.6. The van der Waals surface area contributed by atoms with E-state index in [9.17, 15) is 5.11 Å². The van der Waals surface area contributed by atoms with Gasteiger partial charge in [0.05, 0.1) is 13.2 Å². The highest BCUT2D eigenvalue weighted by Gasteiger charge is 2.35. The molecule has 2 rings (SSSR count). The van der Waals surface area contributed by atoms with E-state index < -0.39 is 0 Å². The van der Waals surface area contributed by atoms with Crippen LogP contribution in [0.3, 0.4) is 0 Å². The first kappa shape index (κ1) is 13.6. The Hall–Kier alpha value is -0.860. The molecule has 2 heteroatoms. The number of ether oxygens (including phenoxy) is 1. The van der Waals surface area contributed by atoms with Gasteiger partial charge in [0, 0.05) is 17.9 Å². The van der Waals surface area contributed by atoms with Crippen LogP contribution in [0.25, 0.3) is 0 Å². The maximum Gasteiger partial charge on any atom is 0.0542 e. The standard InChI is InChI=1S/C16H24O2/c1-12(2)13-4-6-14(7-5-13)15(9-17)8-16(3)10-18-11-16/h4-7,12,15,17H,8-11H2,1-3H3. The zero-order valence-corrected chi connectivity index (χ0v) is 11.6. The van der Waals surface area contributed by atoms with Gasteiger partial charge in [-0.15, -0.1) is 0 Å². The van der Waals surface area contributed by atoms with Crippen molar-refractivity contribution in [2.75, 3.05) is 19.8 Å².